The molecule has 0 saturated carbocycles. The van der Waals surface area contributed by atoms with Crippen LogP contribution in [0.25, 0.3) is 0 Å². The lowest BCUT2D eigenvalue weighted by atomic mass is 9.70. The molecule has 3 saturated heterocycles. The van der Waals surface area contributed by atoms with Gasteiger partial charge in [0.25, 0.3) is 5.91 Å². The van der Waals surface area contributed by atoms with Gasteiger partial charge in [0.2, 0.25) is 11.8 Å². The molecule has 2 aromatic carbocycles. The van der Waals surface area contributed by atoms with Gasteiger partial charge in [-0.1, -0.05) is 78.7 Å². The van der Waals surface area contributed by atoms with E-state index >= 15 is 0 Å². The van der Waals surface area contributed by atoms with E-state index in [-0.39, 0.29) is 49.2 Å². The second kappa shape index (κ2) is 16.6. The van der Waals surface area contributed by atoms with Crippen LogP contribution < -0.4 is 15.0 Å². The van der Waals surface area contributed by atoms with Gasteiger partial charge in [-0.05, 0) is 48.6 Å². The molecule has 11 nitrogen and oxygen atoms in total. The van der Waals surface area contributed by atoms with E-state index < -0.39 is 59.5 Å². The van der Waals surface area contributed by atoms with Crippen LogP contribution in [0.2, 0.25) is 0 Å². The van der Waals surface area contributed by atoms with E-state index in [0.29, 0.717) is 29.8 Å². The lowest BCUT2D eigenvalue weighted by Crippen LogP contribution is -2.60. The monoisotopic (exact) mass is 765 g/mol. The molecule has 1 unspecified atom stereocenters. The summed E-state index contributed by atoms with van der Waals surface area (Å²) in [5, 5.41) is 13.6. The molecule has 2 N–H and O–H groups in total. The van der Waals surface area contributed by atoms with Gasteiger partial charge in [-0.3, -0.25) is 19.2 Å². The summed E-state index contributed by atoms with van der Waals surface area (Å²) in [4.78, 5) is 59.4. The van der Waals surface area contributed by atoms with Gasteiger partial charge in [0.05, 0.1) is 44.2 Å². The summed E-state index contributed by atoms with van der Waals surface area (Å²) in [5.74, 6) is -3.36. The highest BCUT2D eigenvalue weighted by atomic mass is 79.9. The van der Waals surface area contributed by atoms with Crippen molar-refractivity contribution in [2.24, 2.45) is 17.8 Å². The van der Waals surface area contributed by atoms with Gasteiger partial charge in [0.1, 0.15) is 23.5 Å². The molecule has 3 fully saturated rings. The molecule has 5 rings (SSSR count). The number of aliphatic hydroxyl groups is 1. The van der Waals surface area contributed by atoms with Crippen LogP contribution in [0.4, 0.5) is 5.69 Å². The highest BCUT2D eigenvalue weighted by Crippen LogP contribution is 2.61. The Morgan fingerprint density at radius 3 is 2.47 bits per heavy atom. The number of carbonyl (C=O) groups is 4. The van der Waals surface area contributed by atoms with E-state index in [4.69, 9.17) is 14.2 Å². The second-order valence-corrected chi connectivity index (χ2v) is 14.6. The second-order valence-electron chi connectivity index (χ2n) is 13.4. The number of hydrogen-bond donors (Lipinski definition) is 2. The Morgan fingerprint density at radius 1 is 1.16 bits per heavy atom. The molecular weight excluding hydrogens is 718 g/mol. The number of aliphatic hydroxyl groups excluding tert-OH is 1. The van der Waals surface area contributed by atoms with Gasteiger partial charge in [0, 0.05) is 23.5 Å². The summed E-state index contributed by atoms with van der Waals surface area (Å²) in [6, 6.07) is 14.2. The number of ether oxygens (including phenoxy) is 3. The van der Waals surface area contributed by atoms with Crippen LogP contribution in [-0.4, -0.2) is 89.1 Å². The van der Waals surface area contributed by atoms with E-state index in [2.05, 4.69) is 34.4 Å². The average Bonchev–Trinajstić information content (AvgIpc) is 3.74. The minimum absolute atomic E-state index is 0.0255. The standard InChI is InChI=1S/C39H48BrN3O8/c1-6-9-15-31(45)41-22-30(25-13-11-10-12-14-25)50-38(48)32-33-36(46)43(29(23-44)24(4)8-3)35(39(33)21-28(40)34(32)51-39)37(47)42(20-7-2)26-16-18-27(49-5)19-17-26/h6-7,10-14,16-19,24,28-30,32-35,44H,1-2,8-9,15,20-23H2,3-5H3,(H,41,45)/t24-,28?,29-,30-,32-,33+,34-,35-,39+/m0/s1. The van der Waals surface area contributed by atoms with E-state index in [9.17, 15) is 24.3 Å². The van der Waals surface area contributed by atoms with Gasteiger partial charge in [-0.25, -0.2) is 0 Å². The number of fused-ring (bicyclic) bond motifs is 1. The molecule has 3 heterocycles. The summed E-state index contributed by atoms with van der Waals surface area (Å²) in [6.07, 6.45) is 3.34. The van der Waals surface area contributed by atoms with Crippen molar-refractivity contribution in [3.8, 4) is 5.75 Å². The lowest BCUT2D eigenvalue weighted by Gasteiger charge is -2.41. The number of carbonyl (C=O) groups excluding carboxylic acids is 4. The third-order valence-electron chi connectivity index (χ3n) is 10.5. The first kappa shape index (κ1) is 38.2. The molecule has 12 heteroatoms. The zero-order chi connectivity index (χ0) is 36.9. The van der Waals surface area contributed by atoms with E-state index in [0.717, 1.165) is 0 Å². The van der Waals surface area contributed by atoms with Crippen molar-refractivity contribution in [3.63, 3.8) is 0 Å². The number of nitrogens with zero attached hydrogens (tertiary/aromatic N) is 2. The Bertz CT molecular complexity index is 1590. The molecule has 3 aliphatic rings. The predicted molar refractivity (Wildman–Crippen MR) is 196 cm³/mol. The predicted octanol–water partition coefficient (Wildman–Crippen LogP) is 4.74. The van der Waals surface area contributed by atoms with E-state index in [1.165, 1.54) is 4.90 Å². The minimum Gasteiger partial charge on any atom is -0.497 e. The Labute approximate surface area is 308 Å². The molecule has 0 aromatic heterocycles. The quantitative estimate of drug-likeness (QED) is 0.134. The van der Waals surface area contributed by atoms with Crippen LogP contribution in [0.1, 0.15) is 51.2 Å². The highest BCUT2D eigenvalue weighted by molar-refractivity contribution is 9.09. The summed E-state index contributed by atoms with van der Waals surface area (Å²) in [7, 11) is 1.56. The van der Waals surface area contributed by atoms with Crippen molar-refractivity contribution in [3.05, 3.63) is 85.5 Å². The Morgan fingerprint density at radius 2 is 1.86 bits per heavy atom. The van der Waals surface area contributed by atoms with Crippen molar-refractivity contribution >= 4 is 45.3 Å². The van der Waals surface area contributed by atoms with E-state index in [1.807, 2.05) is 44.2 Å². The molecule has 3 aliphatic heterocycles. The topological polar surface area (TPSA) is 135 Å². The number of benzene rings is 2. The minimum atomic E-state index is -1.38. The number of rotatable bonds is 17. The van der Waals surface area contributed by atoms with Crippen LogP contribution in [0.3, 0.4) is 0 Å². The normalized spacial score (nSPS) is 26.5. The maximum atomic E-state index is 15.0. The number of nitrogens with one attached hydrogen (secondary N) is 1. The van der Waals surface area contributed by atoms with Crippen molar-refractivity contribution in [2.45, 2.75) is 74.3 Å². The smallest absolute Gasteiger partial charge is 0.313 e. The Kier molecular flexibility index (Phi) is 12.4. The zero-order valence-corrected chi connectivity index (χ0v) is 31.0. The Balaban J connectivity index is 1.53. The van der Waals surface area contributed by atoms with Gasteiger partial charge >= 0.3 is 5.97 Å². The average molecular weight is 767 g/mol. The first-order valence-corrected chi connectivity index (χ1v) is 18.4. The van der Waals surface area contributed by atoms with Crippen molar-refractivity contribution in [1.82, 2.24) is 10.2 Å². The van der Waals surface area contributed by atoms with E-state index in [1.54, 1.807) is 48.4 Å². The van der Waals surface area contributed by atoms with Crippen molar-refractivity contribution in [2.75, 3.05) is 31.7 Å². The number of likely N-dealkylation sites (tertiary alicyclic amines) is 1. The van der Waals surface area contributed by atoms with Gasteiger partial charge in [-0.15, -0.1) is 13.2 Å². The number of alkyl halides is 1. The molecule has 51 heavy (non-hydrogen) atoms. The Hall–Kier alpha value is -4.00. The zero-order valence-electron chi connectivity index (χ0n) is 29.4. The molecule has 3 amide bonds. The largest absolute Gasteiger partial charge is 0.497 e. The maximum absolute atomic E-state index is 15.0. The molecule has 2 bridgehead atoms. The van der Waals surface area contributed by atoms with Crippen LogP contribution in [0, 0.1) is 17.8 Å². The lowest BCUT2D eigenvalue weighted by molar-refractivity contribution is -0.161. The van der Waals surface area contributed by atoms with Gasteiger partial charge < -0.3 is 34.4 Å². The van der Waals surface area contributed by atoms with Crippen LogP contribution in [0.15, 0.2) is 79.9 Å². The van der Waals surface area contributed by atoms with Crippen LogP contribution in [0.5, 0.6) is 5.75 Å². The van der Waals surface area contributed by atoms with Crippen LogP contribution >= 0.6 is 15.9 Å². The summed E-state index contributed by atoms with van der Waals surface area (Å²) >= 11 is 3.73. The number of methoxy groups -OCH3 is 1. The molecular formula is C39H48BrN3O8. The molecule has 1 spiro atoms. The molecule has 9 atom stereocenters. The fourth-order valence-electron chi connectivity index (χ4n) is 7.79. The number of halogens is 1. The van der Waals surface area contributed by atoms with Gasteiger partial charge in [-0.2, -0.15) is 0 Å². The molecule has 274 valence electrons. The SMILES string of the molecule is C=CCCC(=O)NC[C@H](OC(=O)[C@@H]1[C@H]2O[C@@]3(CC2Br)[C@H](C(=O)N(CC=C)c2ccc(OC)cc2)N([C@@H](CO)[C@@H](C)CC)C(=O)[C@@H]13)c1ccccc1. The third kappa shape index (κ3) is 7.36. The molecule has 0 aliphatic carbocycles. The van der Waals surface area contributed by atoms with Crippen LogP contribution in [-0.2, 0) is 28.7 Å². The summed E-state index contributed by atoms with van der Waals surface area (Å²) in [5.41, 5.74) is -0.144. The fraction of sp³-hybridized carbons (Fsp3) is 0.487. The summed E-state index contributed by atoms with van der Waals surface area (Å²) < 4.78 is 18.2. The number of amides is 3. The maximum Gasteiger partial charge on any atom is 0.313 e. The third-order valence-corrected chi connectivity index (χ3v) is 11.4. The van der Waals surface area contributed by atoms with Gasteiger partial charge in [0.15, 0.2) is 0 Å². The summed E-state index contributed by atoms with van der Waals surface area (Å²) in [6.45, 7) is 11.2. The number of hydrogen-bond acceptors (Lipinski definition) is 8. The highest BCUT2D eigenvalue weighted by Gasteiger charge is 2.77. The van der Waals surface area contributed by atoms with Crippen molar-refractivity contribution < 1.29 is 38.5 Å². The van der Waals surface area contributed by atoms with Crippen molar-refractivity contribution in [1.29, 1.82) is 0 Å². The number of esters is 1. The fourth-order valence-corrected chi connectivity index (χ4v) is 8.73. The number of allylic oxidation sites excluding steroid dienone is 1. The molecule has 0 radical (unpaired) electrons. The first-order valence-electron chi connectivity index (χ1n) is 17.5. The first-order chi connectivity index (χ1) is 24.6. The number of anilines is 1. The molecule has 2 aromatic rings.